The Balaban J connectivity index is 1.72. The molecule has 2 N–H and O–H groups in total. The van der Waals surface area contributed by atoms with E-state index < -0.39 is 5.41 Å². The number of fused-ring (bicyclic) bond motifs is 1. The van der Waals surface area contributed by atoms with E-state index in [0.29, 0.717) is 37.9 Å². The number of aryl methyl sites for hydroxylation is 1. The molecule has 2 aromatic rings. The van der Waals surface area contributed by atoms with E-state index in [-0.39, 0.29) is 17.6 Å². The van der Waals surface area contributed by atoms with Gasteiger partial charge in [0.1, 0.15) is 11.6 Å². The summed E-state index contributed by atoms with van der Waals surface area (Å²) in [5.74, 6) is 0.411. The van der Waals surface area contributed by atoms with E-state index in [1.807, 2.05) is 32.4 Å². The fourth-order valence-electron chi connectivity index (χ4n) is 2.56. The predicted octanol–water partition coefficient (Wildman–Crippen LogP) is 2.31. The largest absolute Gasteiger partial charge is 0.356 e. The van der Waals surface area contributed by atoms with E-state index in [1.54, 1.807) is 6.07 Å². The van der Waals surface area contributed by atoms with Crippen LogP contribution in [0.1, 0.15) is 39.4 Å². The van der Waals surface area contributed by atoms with Crippen molar-refractivity contribution in [2.75, 3.05) is 13.1 Å². The maximum Gasteiger partial charge on any atom is 0.225 e. The summed E-state index contributed by atoms with van der Waals surface area (Å²) in [7, 11) is 1.88. The number of carbonyl (C=O) groups excluding carboxylic acids is 2. The number of halogens is 1. The van der Waals surface area contributed by atoms with Crippen LogP contribution < -0.4 is 10.6 Å². The van der Waals surface area contributed by atoms with Crippen molar-refractivity contribution in [3.63, 3.8) is 0 Å². The van der Waals surface area contributed by atoms with E-state index in [4.69, 9.17) is 0 Å². The van der Waals surface area contributed by atoms with Gasteiger partial charge in [0.2, 0.25) is 11.8 Å². The summed E-state index contributed by atoms with van der Waals surface area (Å²) in [6, 6.07) is 4.52. The first kappa shape index (κ1) is 19.9. The molecule has 1 aromatic carbocycles. The van der Waals surface area contributed by atoms with Gasteiger partial charge in [0.25, 0.3) is 0 Å². The fourth-order valence-corrected chi connectivity index (χ4v) is 2.56. The molecule has 0 aliphatic rings. The van der Waals surface area contributed by atoms with Gasteiger partial charge in [-0.05, 0) is 18.6 Å². The zero-order chi connectivity index (χ0) is 19.3. The van der Waals surface area contributed by atoms with Crippen LogP contribution in [-0.2, 0) is 23.1 Å². The normalized spacial score (nSPS) is 11.6. The van der Waals surface area contributed by atoms with Gasteiger partial charge in [-0.3, -0.25) is 9.59 Å². The average molecular weight is 362 g/mol. The second kappa shape index (κ2) is 8.29. The van der Waals surface area contributed by atoms with Gasteiger partial charge in [0, 0.05) is 44.5 Å². The Bertz CT molecular complexity index is 793. The SMILES string of the molecule is Cn1c(CCNC(=O)CCCNC(=O)C(C)(C)C)nc2cc(F)ccc21. The number of nitrogens with one attached hydrogen (secondary N) is 2. The van der Waals surface area contributed by atoms with Gasteiger partial charge in [-0.1, -0.05) is 20.8 Å². The van der Waals surface area contributed by atoms with E-state index in [9.17, 15) is 14.0 Å². The van der Waals surface area contributed by atoms with Crippen molar-refractivity contribution in [1.82, 2.24) is 20.2 Å². The van der Waals surface area contributed by atoms with Crippen molar-refractivity contribution >= 4 is 22.8 Å². The lowest BCUT2D eigenvalue weighted by atomic mass is 9.96. The first-order chi connectivity index (χ1) is 12.2. The van der Waals surface area contributed by atoms with Crippen LogP contribution in [0, 0.1) is 11.2 Å². The van der Waals surface area contributed by atoms with E-state index >= 15 is 0 Å². The first-order valence-corrected chi connectivity index (χ1v) is 8.84. The maximum atomic E-state index is 13.3. The Hall–Kier alpha value is -2.44. The molecule has 2 amide bonds. The molecule has 6 nitrogen and oxygen atoms in total. The maximum absolute atomic E-state index is 13.3. The molecule has 0 unspecified atom stereocenters. The molecule has 1 aromatic heterocycles. The van der Waals surface area contributed by atoms with Crippen molar-refractivity contribution in [1.29, 1.82) is 0 Å². The third kappa shape index (κ3) is 5.28. The van der Waals surface area contributed by atoms with Gasteiger partial charge >= 0.3 is 0 Å². The predicted molar refractivity (Wildman–Crippen MR) is 99.1 cm³/mol. The number of hydrogen-bond donors (Lipinski definition) is 2. The lowest BCUT2D eigenvalue weighted by Gasteiger charge is -2.17. The average Bonchev–Trinajstić information content (AvgIpc) is 2.86. The van der Waals surface area contributed by atoms with Gasteiger partial charge in [-0.25, -0.2) is 9.37 Å². The van der Waals surface area contributed by atoms with Crippen molar-refractivity contribution in [2.45, 2.75) is 40.0 Å². The third-order valence-corrected chi connectivity index (χ3v) is 4.15. The number of hydrogen-bond acceptors (Lipinski definition) is 3. The van der Waals surface area contributed by atoms with Crippen LogP contribution in [0.5, 0.6) is 0 Å². The highest BCUT2D eigenvalue weighted by molar-refractivity contribution is 5.81. The summed E-state index contributed by atoms with van der Waals surface area (Å²) in [6.45, 7) is 6.51. The lowest BCUT2D eigenvalue weighted by Crippen LogP contribution is -2.35. The van der Waals surface area contributed by atoms with Crippen LogP contribution >= 0.6 is 0 Å². The highest BCUT2D eigenvalue weighted by atomic mass is 19.1. The number of rotatable bonds is 7. The zero-order valence-electron chi connectivity index (χ0n) is 15.9. The molecular weight excluding hydrogens is 335 g/mol. The fraction of sp³-hybridized carbons (Fsp3) is 0.526. The van der Waals surface area contributed by atoms with Gasteiger partial charge in [0.15, 0.2) is 0 Å². The zero-order valence-corrected chi connectivity index (χ0v) is 15.9. The van der Waals surface area contributed by atoms with E-state index in [0.717, 1.165) is 11.3 Å². The smallest absolute Gasteiger partial charge is 0.225 e. The summed E-state index contributed by atoms with van der Waals surface area (Å²) in [5.41, 5.74) is 1.06. The molecule has 0 aliphatic heterocycles. The van der Waals surface area contributed by atoms with Crippen LogP contribution in [-0.4, -0.2) is 34.5 Å². The second-order valence-corrected chi connectivity index (χ2v) is 7.43. The summed E-state index contributed by atoms with van der Waals surface area (Å²) >= 11 is 0. The van der Waals surface area contributed by atoms with Crippen LogP contribution in [0.3, 0.4) is 0 Å². The summed E-state index contributed by atoms with van der Waals surface area (Å²) in [4.78, 5) is 28.0. The molecule has 0 aliphatic carbocycles. The number of nitrogens with zero attached hydrogens (tertiary/aromatic N) is 2. The van der Waals surface area contributed by atoms with Crippen LogP contribution in [0.2, 0.25) is 0 Å². The Morgan fingerprint density at radius 1 is 1.19 bits per heavy atom. The molecule has 0 bridgehead atoms. The molecular formula is C19H27FN4O2. The van der Waals surface area contributed by atoms with E-state index in [1.165, 1.54) is 12.1 Å². The highest BCUT2D eigenvalue weighted by Gasteiger charge is 2.20. The number of amides is 2. The highest BCUT2D eigenvalue weighted by Crippen LogP contribution is 2.16. The molecule has 0 radical (unpaired) electrons. The molecule has 7 heteroatoms. The molecule has 1 heterocycles. The molecule has 2 rings (SSSR count). The number of imidazole rings is 1. The molecule has 0 fully saturated rings. The monoisotopic (exact) mass is 362 g/mol. The van der Waals surface area contributed by atoms with Crippen LogP contribution in [0.15, 0.2) is 18.2 Å². The minimum atomic E-state index is -0.420. The van der Waals surface area contributed by atoms with E-state index in [2.05, 4.69) is 15.6 Å². The van der Waals surface area contributed by atoms with Gasteiger partial charge in [0.05, 0.1) is 11.0 Å². The van der Waals surface area contributed by atoms with Gasteiger partial charge < -0.3 is 15.2 Å². The minimum absolute atomic E-state index is 0.0174. The van der Waals surface area contributed by atoms with Gasteiger partial charge in [-0.2, -0.15) is 0 Å². The Kier molecular flexibility index (Phi) is 6.34. The molecule has 0 spiro atoms. The second-order valence-electron chi connectivity index (χ2n) is 7.43. The molecule has 26 heavy (non-hydrogen) atoms. The van der Waals surface area contributed by atoms with Crippen molar-refractivity contribution in [3.8, 4) is 0 Å². The quantitative estimate of drug-likeness (QED) is 0.742. The summed E-state index contributed by atoms with van der Waals surface area (Å²) < 4.78 is 15.2. The van der Waals surface area contributed by atoms with Crippen molar-refractivity contribution < 1.29 is 14.0 Å². The Labute approximate surface area is 153 Å². The van der Waals surface area contributed by atoms with Crippen molar-refractivity contribution in [3.05, 3.63) is 29.8 Å². The molecule has 0 saturated heterocycles. The van der Waals surface area contributed by atoms with Crippen LogP contribution in [0.25, 0.3) is 11.0 Å². The number of benzene rings is 1. The molecule has 142 valence electrons. The molecule has 0 saturated carbocycles. The Morgan fingerprint density at radius 3 is 2.62 bits per heavy atom. The lowest BCUT2D eigenvalue weighted by molar-refractivity contribution is -0.128. The summed E-state index contributed by atoms with van der Waals surface area (Å²) in [6.07, 6.45) is 1.52. The third-order valence-electron chi connectivity index (χ3n) is 4.15. The minimum Gasteiger partial charge on any atom is -0.356 e. The topological polar surface area (TPSA) is 76.0 Å². The van der Waals surface area contributed by atoms with Crippen molar-refractivity contribution in [2.24, 2.45) is 12.5 Å². The molecule has 0 atom stereocenters. The first-order valence-electron chi connectivity index (χ1n) is 8.84. The number of aromatic nitrogens is 2. The van der Waals surface area contributed by atoms with Gasteiger partial charge in [-0.15, -0.1) is 0 Å². The summed E-state index contributed by atoms with van der Waals surface area (Å²) in [5, 5.41) is 5.68. The number of carbonyl (C=O) groups is 2. The standard InChI is InChI=1S/C19H27FN4O2/c1-19(2,3)18(26)22-10-5-6-17(25)21-11-9-16-23-14-12-13(20)7-8-15(14)24(16)4/h7-8,12H,5-6,9-11H2,1-4H3,(H,21,25)(H,22,26). The Morgan fingerprint density at radius 2 is 1.92 bits per heavy atom. The van der Waals surface area contributed by atoms with Crippen LogP contribution in [0.4, 0.5) is 4.39 Å².